The summed E-state index contributed by atoms with van der Waals surface area (Å²) in [6.07, 6.45) is 0. The van der Waals surface area contributed by atoms with Crippen molar-refractivity contribution in [1.29, 1.82) is 0 Å². The molecule has 0 aliphatic heterocycles. The number of rotatable bonds is 1. The number of fused-ring (bicyclic) bond motifs is 1. The maximum Gasteiger partial charge on any atom is 0.234 e. The minimum absolute atomic E-state index is 0.209. The highest BCUT2D eigenvalue weighted by Crippen LogP contribution is 2.22. The molecule has 0 saturated carbocycles. The van der Waals surface area contributed by atoms with Gasteiger partial charge < -0.3 is 14.3 Å². The molecular weight excluding hydrogens is 196 g/mol. The maximum atomic E-state index is 11.6. The molecule has 0 aliphatic carbocycles. The van der Waals surface area contributed by atoms with Gasteiger partial charge in [0.15, 0.2) is 0 Å². The summed E-state index contributed by atoms with van der Waals surface area (Å²) in [7, 11) is 1.53. The summed E-state index contributed by atoms with van der Waals surface area (Å²) in [5.41, 5.74) is -0.00828. The zero-order chi connectivity index (χ0) is 11.0. The molecule has 0 fully saturated rings. The largest absolute Gasteiger partial charge is 0.502 e. The van der Waals surface area contributed by atoms with E-state index in [4.69, 9.17) is 9.15 Å². The van der Waals surface area contributed by atoms with Gasteiger partial charge in [-0.05, 0) is 19.1 Å². The van der Waals surface area contributed by atoms with E-state index < -0.39 is 5.43 Å². The zero-order valence-electron chi connectivity index (χ0n) is 8.40. The standard InChI is InChI=1S/C11H10O4/c1-6-10(12)11(13)8-4-3-7(14-2)5-9(8)15-6/h3-5,12H,1-2H3. The van der Waals surface area contributed by atoms with Crippen molar-refractivity contribution in [2.75, 3.05) is 7.11 Å². The van der Waals surface area contributed by atoms with Crippen LogP contribution in [0.4, 0.5) is 0 Å². The molecule has 2 aromatic rings. The fourth-order valence-corrected chi connectivity index (χ4v) is 1.40. The van der Waals surface area contributed by atoms with Gasteiger partial charge in [0, 0.05) is 6.07 Å². The van der Waals surface area contributed by atoms with Crippen molar-refractivity contribution in [2.24, 2.45) is 0 Å². The monoisotopic (exact) mass is 206 g/mol. The molecule has 78 valence electrons. The number of hydrogen-bond acceptors (Lipinski definition) is 4. The van der Waals surface area contributed by atoms with Gasteiger partial charge in [-0.1, -0.05) is 0 Å². The molecule has 0 atom stereocenters. The first-order chi connectivity index (χ1) is 7.13. The Balaban J connectivity index is 2.86. The van der Waals surface area contributed by atoms with Gasteiger partial charge in [-0.2, -0.15) is 0 Å². The number of methoxy groups -OCH3 is 1. The lowest BCUT2D eigenvalue weighted by Gasteiger charge is -2.03. The van der Waals surface area contributed by atoms with Crippen LogP contribution in [0, 0.1) is 6.92 Å². The van der Waals surface area contributed by atoms with Crippen molar-refractivity contribution in [3.05, 3.63) is 34.2 Å². The maximum absolute atomic E-state index is 11.6. The number of aromatic hydroxyl groups is 1. The van der Waals surface area contributed by atoms with E-state index in [1.54, 1.807) is 18.2 Å². The Bertz CT molecular complexity index is 569. The van der Waals surface area contributed by atoms with E-state index in [0.717, 1.165) is 0 Å². The fourth-order valence-electron chi connectivity index (χ4n) is 1.40. The fraction of sp³-hybridized carbons (Fsp3) is 0.182. The SMILES string of the molecule is COc1ccc2c(=O)c(O)c(C)oc2c1. The molecule has 2 rings (SSSR count). The number of ether oxygens (including phenoxy) is 1. The summed E-state index contributed by atoms with van der Waals surface area (Å²) >= 11 is 0. The molecule has 1 aromatic carbocycles. The lowest BCUT2D eigenvalue weighted by Crippen LogP contribution is -2.02. The van der Waals surface area contributed by atoms with Gasteiger partial charge in [0.2, 0.25) is 11.2 Å². The molecule has 0 aliphatic rings. The van der Waals surface area contributed by atoms with Crippen LogP contribution in [0.5, 0.6) is 11.5 Å². The van der Waals surface area contributed by atoms with Crippen LogP contribution in [0.3, 0.4) is 0 Å². The van der Waals surface area contributed by atoms with Crippen molar-refractivity contribution >= 4 is 11.0 Å². The summed E-state index contributed by atoms with van der Waals surface area (Å²) in [6, 6.07) is 4.83. The average molecular weight is 206 g/mol. The lowest BCUT2D eigenvalue weighted by molar-refractivity contribution is 0.411. The van der Waals surface area contributed by atoms with E-state index in [1.165, 1.54) is 14.0 Å². The molecule has 0 spiro atoms. The van der Waals surface area contributed by atoms with Crippen LogP contribution in [0.2, 0.25) is 0 Å². The normalized spacial score (nSPS) is 10.5. The molecule has 0 saturated heterocycles. The van der Waals surface area contributed by atoms with Gasteiger partial charge in [-0.3, -0.25) is 4.79 Å². The van der Waals surface area contributed by atoms with Crippen LogP contribution in [-0.2, 0) is 0 Å². The van der Waals surface area contributed by atoms with Gasteiger partial charge in [0.1, 0.15) is 17.1 Å². The van der Waals surface area contributed by atoms with Crippen LogP contribution >= 0.6 is 0 Å². The van der Waals surface area contributed by atoms with Gasteiger partial charge >= 0.3 is 0 Å². The molecule has 0 radical (unpaired) electrons. The Labute approximate surface area is 85.7 Å². The highest BCUT2D eigenvalue weighted by Gasteiger charge is 2.10. The van der Waals surface area contributed by atoms with Crippen molar-refractivity contribution in [3.63, 3.8) is 0 Å². The summed E-state index contributed by atoms with van der Waals surface area (Å²) < 4.78 is 10.3. The Kier molecular flexibility index (Phi) is 2.11. The third-order valence-electron chi connectivity index (χ3n) is 2.25. The Morgan fingerprint density at radius 3 is 2.80 bits per heavy atom. The molecule has 15 heavy (non-hydrogen) atoms. The minimum atomic E-state index is -0.420. The molecular formula is C11H10O4. The zero-order valence-corrected chi connectivity index (χ0v) is 8.40. The van der Waals surface area contributed by atoms with E-state index in [2.05, 4.69) is 0 Å². The molecule has 1 aromatic heterocycles. The first-order valence-corrected chi connectivity index (χ1v) is 4.44. The first kappa shape index (κ1) is 9.58. The second-order valence-electron chi connectivity index (χ2n) is 3.20. The summed E-state index contributed by atoms with van der Waals surface area (Å²) in [5, 5.41) is 9.74. The van der Waals surface area contributed by atoms with Crippen molar-refractivity contribution in [1.82, 2.24) is 0 Å². The Hall–Kier alpha value is -1.97. The van der Waals surface area contributed by atoms with Crippen molar-refractivity contribution in [2.45, 2.75) is 6.92 Å². The van der Waals surface area contributed by atoms with Gasteiger partial charge in [-0.25, -0.2) is 0 Å². The van der Waals surface area contributed by atoms with Crippen LogP contribution in [0.1, 0.15) is 5.76 Å². The molecule has 0 amide bonds. The predicted octanol–water partition coefficient (Wildman–Crippen LogP) is 1.82. The Morgan fingerprint density at radius 1 is 1.40 bits per heavy atom. The van der Waals surface area contributed by atoms with Crippen LogP contribution in [0.15, 0.2) is 27.4 Å². The highest BCUT2D eigenvalue weighted by molar-refractivity contribution is 5.79. The molecule has 1 heterocycles. The summed E-state index contributed by atoms with van der Waals surface area (Å²) in [5.74, 6) is 0.476. The van der Waals surface area contributed by atoms with Crippen molar-refractivity contribution in [3.8, 4) is 11.5 Å². The topological polar surface area (TPSA) is 59.7 Å². The molecule has 4 nitrogen and oxygen atoms in total. The summed E-state index contributed by atoms with van der Waals surface area (Å²) in [4.78, 5) is 11.6. The van der Waals surface area contributed by atoms with E-state index in [1.807, 2.05) is 0 Å². The molecule has 1 N–H and O–H groups in total. The Morgan fingerprint density at radius 2 is 2.13 bits per heavy atom. The average Bonchev–Trinajstić information content (AvgIpc) is 2.25. The van der Waals surface area contributed by atoms with Crippen LogP contribution < -0.4 is 10.2 Å². The smallest absolute Gasteiger partial charge is 0.234 e. The highest BCUT2D eigenvalue weighted by atomic mass is 16.5. The minimum Gasteiger partial charge on any atom is -0.502 e. The third kappa shape index (κ3) is 1.44. The predicted molar refractivity (Wildman–Crippen MR) is 55.4 cm³/mol. The van der Waals surface area contributed by atoms with Gasteiger partial charge in [0.05, 0.1) is 12.5 Å². The molecule has 0 bridgehead atoms. The van der Waals surface area contributed by atoms with Crippen LogP contribution in [0.25, 0.3) is 11.0 Å². The second kappa shape index (κ2) is 3.31. The quantitative estimate of drug-likeness (QED) is 0.773. The van der Waals surface area contributed by atoms with Crippen LogP contribution in [-0.4, -0.2) is 12.2 Å². The number of benzene rings is 1. The van der Waals surface area contributed by atoms with E-state index in [-0.39, 0.29) is 11.5 Å². The number of hydrogen-bond donors (Lipinski definition) is 1. The number of aryl methyl sites for hydroxylation is 1. The third-order valence-corrected chi connectivity index (χ3v) is 2.25. The molecule has 4 heteroatoms. The van der Waals surface area contributed by atoms with E-state index in [0.29, 0.717) is 16.7 Å². The van der Waals surface area contributed by atoms with E-state index in [9.17, 15) is 9.90 Å². The van der Waals surface area contributed by atoms with E-state index >= 15 is 0 Å². The van der Waals surface area contributed by atoms with Crippen molar-refractivity contribution < 1.29 is 14.3 Å². The van der Waals surface area contributed by atoms with Gasteiger partial charge in [-0.15, -0.1) is 0 Å². The van der Waals surface area contributed by atoms with Gasteiger partial charge in [0.25, 0.3) is 0 Å². The molecule has 0 unspecified atom stereocenters. The second-order valence-corrected chi connectivity index (χ2v) is 3.20. The lowest BCUT2D eigenvalue weighted by atomic mass is 10.2. The first-order valence-electron chi connectivity index (χ1n) is 4.44. The summed E-state index contributed by atoms with van der Waals surface area (Å²) in [6.45, 7) is 1.54.